The number of nitrogens with one attached hydrogen (secondary N) is 2. The van der Waals surface area contributed by atoms with Gasteiger partial charge in [-0.2, -0.15) is 0 Å². The van der Waals surface area contributed by atoms with E-state index in [1.807, 2.05) is 6.07 Å². The Kier molecular flexibility index (Phi) is 4.83. The number of carbonyl (C=O) groups is 2. The maximum atomic E-state index is 13.7. The van der Waals surface area contributed by atoms with E-state index in [0.29, 0.717) is 24.2 Å². The molecule has 0 bridgehead atoms. The highest BCUT2D eigenvalue weighted by molar-refractivity contribution is 6.00. The van der Waals surface area contributed by atoms with Gasteiger partial charge in [-0.3, -0.25) is 9.59 Å². The molecule has 0 spiro atoms. The molecule has 1 aliphatic rings. The maximum Gasteiger partial charge on any atom is 0.235 e. The summed E-state index contributed by atoms with van der Waals surface area (Å²) in [6.45, 7) is 1.43. The van der Waals surface area contributed by atoms with Crippen LogP contribution in [0.5, 0.6) is 0 Å². The van der Waals surface area contributed by atoms with Gasteiger partial charge < -0.3 is 10.6 Å². The normalized spacial score (nSPS) is 15.6. The molecule has 0 aliphatic heterocycles. The van der Waals surface area contributed by atoms with Crippen LogP contribution in [0, 0.1) is 5.82 Å². The predicted molar refractivity (Wildman–Crippen MR) is 95.9 cm³/mol. The van der Waals surface area contributed by atoms with Crippen LogP contribution in [-0.2, 0) is 15.0 Å². The third-order valence-corrected chi connectivity index (χ3v) is 4.71. The van der Waals surface area contributed by atoms with Crippen molar-refractivity contribution < 1.29 is 14.0 Å². The van der Waals surface area contributed by atoms with Crippen molar-refractivity contribution in [1.29, 1.82) is 0 Å². The van der Waals surface area contributed by atoms with E-state index in [9.17, 15) is 14.0 Å². The van der Waals surface area contributed by atoms with Crippen LogP contribution in [0.4, 0.5) is 15.8 Å². The molecule has 0 aromatic heterocycles. The van der Waals surface area contributed by atoms with Crippen LogP contribution < -0.4 is 10.6 Å². The summed E-state index contributed by atoms with van der Waals surface area (Å²) in [5.41, 5.74) is 1.25. The predicted octanol–water partition coefficient (Wildman–Crippen LogP) is 4.23. The number of benzene rings is 2. The van der Waals surface area contributed by atoms with E-state index in [2.05, 4.69) is 10.6 Å². The van der Waals surface area contributed by atoms with Gasteiger partial charge in [0.05, 0.1) is 5.41 Å². The molecule has 0 heterocycles. The van der Waals surface area contributed by atoms with Crippen molar-refractivity contribution in [3.05, 3.63) is 59.9 Å². The molecule has 2 aromatic rings. The molecule has 3 rings (SSSR count). The van der Waals surface area contributed by atoms with Crippen molar-refractivity contribution in [3.63, 3.8) is 0 Å². The van der Waals surface area contributed by atoms with Crippen LogP contribution in [0.2, 0.25) is 0 Å². The van der Waals surface area contributed by atoms with Crippen molar-refractivity contribution in [1.82, 2.24) is 0 Å². The molecule has 130 valence electrons. The van der Waals surface area contributed by atoms with Crippen molar-refractivity contribution >= 4 is 23.2 Å². The van der Waals surface area contributed by atoms with Crippen LogP contribution in [0.3, 0.4) is 0 Å². The van der Waals surface area contributed by atoms with Crippen LogP contribution in [-0.4, -0.2) is 11.8 Å². The third-order valence-electron chi connectivity index (χ3n) is 4.71. The minimum atomic E-state index is -0.702. The SMILES string of the molecule is CC(=O)Nc1cccc(NC(=O)C2(c3cccc(F)c3)CCCC2)c1. The fourth-order valence-electron chi connectivity index (χ4n) is 3.54. The molecule has 0 saturated heterocycles. The van der Waals surface area contributed by atoms with Gasteiger partial charge in [0, 0.05) is 18.3 Å². The first-order chi connectivity index (χ1) is 12.0. The van der Waals surface area contributed by atoms with Gasteiger partial charge in [-0.15, -0.1) is 0 Å². The summed E-state index contributed by atoms with van der Waals surface area (Å²) in [4.78, 5) is 24.3. The summed E-state index contributed by atoms with van der Waals surface area (Å²) in [7, 11) is 0. The van der Waals surface area contributed by atoms with Crippen LogP contribution in [0.1, 0.15) is 38.2 Å². The van der Waals surface area contributed by atoms with E-state index >= 15 is 0 Å². The van der Waals surface area contributed by atoms with Crippen molar-refractivity contribution in [2.45, 2.75) is 38.0 Å². The van der Waals surface area contributed by atoms with E-state index in [1.165, 1.54) is 19.1 Å². The molecule has 5 heteroatoms. The van der Waals surface area contributed by atoms with E-state index in [4.69, 9.17) is 0 Å². The zero-order valence-electron chi connectivity index (χ0n) is 14.1. The number of hydrogen-bond acceptors (Lipinski definition) is 2. The Morgan fingerprint density at radius 1 is 0.960 bits per heavy atom. The maximum absolute atomic E-state index is 13.7. The third kappa shape index (κ3) is 3.71. The number of halogens is 1. The molecule has 1 fully saturated rings. The first-order valence-electron chi connectivity index (χ1n) is 8.45. The Morgan fingerprint density at radius 2 is 1.60 bits per heavy atom. The van der Waals surface area contributed by atoms with Gasteiger partial charge in [-0.05, 0) is 48.7 Å². The average molecular weight is 340 g/mol. The van der Waals surface area contributed by atoms with Crippen molar-refractivity contribution in [2.24, 2.45) is 0 Å². The first-order valence-corrected chi connectivity index (χ1v) is 8.45. The summed E-state index contributed by atoms with van der Waals surface area (Å²) >= 11 is 0. The first kappa shape index (κ1) is 17.1. The molecule has 25 heavy (non-hydrogen) atoms. The summed E-state index contributed by atoms with van der Waals surface area (Å²) in [6, 6.07) is 13.3. The molecule has 2 N–H and O–H groups in total. The van der Waals surface area contributed by atoms with E-state index in [1.54, 1.807) is 30.3 Å². The number of carbonyl (C=O) groups excluding carboxylic acids is 2. The number of amides is 2. The Hall–Kier alpha value is -2.69. The molecule has 2 aromatic carbocycles. The fraction of sp³-hybridized carbons (Fsp3) is 0.300. The number of rotatable bonds is 4. The zero-order chi connectivity index (χ0) is 17.9. The lowest BCUT2D eigenvalue weighted by molar-refractivity contribution is -0.121. The molecular weight excluding hydrogens is 319 g/mol. The Morgan fingerprint density at radius 3 is 2.24 bits per heavy atom. The summed E-state index contributed by atoms with van der Waals surface area (Å²) in [5, 5.41) is 5.64. The van der Waals surface area contributed by atoms with Crippen molar-refractivity contribution in [3.8, 4) is 0 Å². The minimum Gasteiger partial charge on any atom is -0.326 e. The van der Waals surface area contributed by atoms with Crippen molar-refractivity contribution in [2.75, 3.05) is 10.6 Å². The van der Waals surface area contributed by atoms with Gasteiger partial charge in [0.1, 0.15) is 5.82 Å². The second-order valence-electron chi connectivity index (χ2n) is 6.52. The topological polar surface area (TPSA) is 58.2 Å². The van der Waals surface area contributed by atoms with Crippen LogP contribution in [0.15, 0.2) is 48.5 Å². The van der Waals surface area contributed by atoms with Gasteiger partial charge >= 0.3 is 0 Å². The standard InChI is InChI=1S/C20H21FN2O2/c1-14(24)22-17-8-5-9-18(13-17)23-19(25)20(10-2-3-11-20)15-6-4-7-16(21)12-15/h4-9,12-13H,2-3,10-11H2,1H3,(H,22,24)(H,23,25). The van der Waals surface area contributed by atoms with Gasteiger partial charge in [0.15, 0.2) is 0 Å². The molecule has 0 radical (unpaired) electrons. The monoisotopic (exact) mass is 340 g/mol. The molecule has 0 atom stereocenters. The molecule has 0 unspecified atom stereocenters. The van der Waals surface area contributed by atoms with E-state index < -0.39 is 5.41 Å². The highest BCUT2D eigenvalue weighted by Gasteiger charge is 2.42. The highest BCUT2D eigenvalue weighted by Crippen LogP contribution is 2.42. The van der Waals surface area contributed by atoms with Crippen LogP contribution >= 0.6 is 0 Å². The number of anilines is 2. The Labute approximate surface area is 146 Å². The van der Waals surface area contributed by atoms with Gasteiger partial charge in [-0.25, -0.2) is 4.39 Å². The summed E-state index contributed by atoms with van der Waals surface area (Å²) in [5.74, 6) is -0.629. The largest absolute Gasteiger partial charge is 0.326 e. The highest BCUT2D eigenvalue weighted by atomic mass is 19.1. The quantitative estimate of drug-likeness (QED) is 0.875. The lowest BCUT2D eigenvalue weighted by Gasteiger charge is -2.28. The average Bonchev–Trinajstić information content (AvgIpc) is 3.05. The number of hydrogen-bond donors (Lipinski definition) is 2. The minimum absolute atomic E-state index is 0.129. The smallest absolute Gasteiger partial charge is 0.235 e. The molecule has 1 aliphatic carbocycles. The lowest BCUT2D eigenvalue weighted by Crippen LogP contribution is -2.38. The second kappa shape index (κ2) is 7.05. The fourth-order valence-corrected chi connectivity index (χ4v) is 3.54. The lowest BCUT2D eigenvalue weighted by atomic mass is 9.78. The Balaban J connectivity index is 1.86. The molecule has 4 nitrogen and oxygen atoms in total. The second-order valence-corrected chi connectivity index (χ2v) is 6.52. The molecule has 2 amide bonds. The summed E-state index contributed by atoms with van der Waals surface area (Å²) < 4.78 is 13.7. The summed E-state index contributed by atoms with van der Waals surface area (Å²) in [6.07, 6.45) is 3.28. The molecular formula is C20H21FN2O2. The van der Waals surface area contributed by atoms with E-state index in [-0.39, 0.29) is 17.6 Å². The van der Waals surface area contributed by atoms with Gasteiger partial charge in [-0.1, -0.05) is 31.0 Å². The Bertz CT molecular complexity index is 798. The zero-order valence-corrected chi connectivity index (χ0v) is 14.1. The van der Waals surface area contributed by atoms with Gasteiger partial charge in [0.2, 0.25) is 11.8 Å². The van der Waals surface area contributed by atoms with E-state index in [0.717, 1.165) is 18.4 Å². The molecule has 1 saturated carbocycles. The van der Waals surface area contributed by atoms with Gasteiger partial charge in [0.25, 0.3) is 0 Å². The van der Waals surface area contributed by atoms with Crippen LogP contribution in [0.25, 0.3) is 0 Å².